The van der Waals surface area contributed by atoms with E-state index in [1.807, 2.05) is 13.8 Å². The van der Waals surface area contributed by atoms with Crippen LogP contribution in [0.5, 0.6) is 0 Å². The van der Waals surface area contributed by atoms with Gasteiger partial charge < -0.3 is 19.5 Å². The molecule has 1 aromatic carbocycles. The van der Waals surface area contributed by atoms with Crippen LogP contribution in [0.15, 0.2) is 24.3 Å². The second kappa shape index (κ2) is 12.9. The van der Waals surface area contributed by atoms with Crippen LogP contribution in [0.3, 0.4) is 0 Å². The van der Waals surface area contributed by atoms with Crippen LogP contribution in [0.2, 0.25) is 0 Å². The van der Waals surface area contributed by atoms with Gasteiger partial charge in [0.15, 0.2) is 0 Å². The molecule has 1 aliphatic rings. The summed E-state index contributed by atoms with van der Waals surface area (Å²) in [4.78, 5) is 18.2. The van der Waals surface area contributed by atoms with E-state index in [0.29, 0.717) is 5.78 Å². The average molecular weight is 362 g/mol. The summed E-state index contributed by atoms with van der Waals surface area (Å²) >= 11 is 0. The molecule has 0 saturated carbocycles. The minimum absolute atomic E-state index is 0.309. The van der Waals surface area contributed by atoms with Crippen molar-refractivity contribution in [2.24, 2.45) is 0 Å². The predicted molar refractivity (Wildman–Crippen MR) is 113 cm³/mol. The lowest BCUT2D eigenvalue weighted by molar-refractivity contribution is -0.117. The molecule has 0 spiro atoms. The topological polar surface area (TPSA) is 26.8 Å². The Balaban J connectivity index is 0.00000163. The third-order valence-electron chi connectivity index (χ3n) is 4.83. The Labute approximate surface area is 161 Å². The first-order valence-electron chi connectivity index (χ1n) is 10.2. The standard InChI is InChI=1S/C20H33N3O.C2H6/c1-18(24)7-5-4-6-12-22(3)17-19-8-10-20(11-9-19)23-15-13-21(2)14-16-23;1-2/h8-11H,4-7,12-17H2,1-3H3;1-2H3. The Morgan fingerprint density at radius 3 is 2.19 bits per heavy atom. The second-order valence-corrected chi connectivity index (χ2v) is 7.21. The monoisotopic (exact) mass is 361 g/mol. The number of unbranched alkanes of at least 4 members (excludes halogenated alkanes) is 2. The van der Waals surface area contributed by atoms with Gasteiger partial charge in [0.25, 0.3) is 0 Å². The van der Waals surface area contributed by atoms with Gasteiger partial charge in [0.1, 0.15) is 5.78 Å². The first-order valence-corrected chi connectivity index (χ1v) is 10.2. The highest BCUT2D eigenvalue weighted by Gasteiger charge is 2.14. The van der Waals surface area contributed by atoms with E-state index in [9.17, 15) is 4.79 Å². The fraction of sp³-hybridized carbons (Fsp3) is 0.682. The Kier molecular flexibility index (Phi) is 11.2. The minimum Gasteiger partial charge on any atom is -0.369 e. The molecule has 1 aliphatic heterocycles. The van der Waals surface area contributed by atoms with Gasteiger partial charge in [-0.2, -0.15) is 0 Å². The zero-order valence-electron chi connectivity index (χ0n) is 17.6. The van der Waals surface area contributed by atoms with Gasteiger partial charge in [-0.15, -0.1) is 0 Å². The third-order valence-corrected chi connectivity index (χ3v) is 4.83. The molecule has 4 nitrogen and oxygen atoms in total. The van der Waals surface area contributed by atoms with Crippen molar-refractivity contribution in [3.05, 3.63) is 29.8 Å². The molecule has 0 amide bonds. The Morgan fingerprint density at radius 2 is 1.62 bits per heavy atom. The highest BCUT2D eigenvalue weighted by molar-refractivity contribution is 5.75. The summed E-state index contributed by atoms with van der Waals surface area (Å²) in [6, 6.07) is 9.06. The Hall–Kier alpha value is -1.39. The molecule has 148 valence electrons. The van der Waals surface area contributed by atoms with Gasteiger partial charge in [0, 0.05) is 44.8 Å². The summed E-state index contributed by atoms with van der Waals surface area (Å²) in [5.74, 6) is 0.309. The summed E-state index contributed by atoms with van der Waals surface area (Å²) in [5.41, 5.74) is 2.72. The quantitative estimate of drug-likeness (QED) is 0.620. The molecule has 0 aromatic heterocycles. The maximum absolute atomic E-state index is 10.9. The van der Waals surface area contributed by atoms with Gasteiger partial charge in [-0.05, 0) is 58.1 Å². The molecule has 1 fully saturated rings. The van der Waals surface area contributed by atoms with E-state index >= 15 is 0 Å². The molecule has 4 heteroatoms. The van der Waals surface area contributed by atoms with Crippen LogP contribution in [-0.4, -0.2) is 62.4 Å². The second-order valence-electron chi connectivity index (χ2n) is 7.21. The van der Waals surface area contributed by atoms with E-state index in [1.54, 1.807) is 6.92 Å². The number of piperazine rings is 1. The van der Waals surface area contributed by atoms with Crippen LogP contribution >= 0.6 is 0 Å². The molecule has 0 unspecified atom stereocenters. The Morgan fingerprint density at radius 1 is 1.00 bits per heavy atom. The van der Waals surface area contributed by atoms with Crippen molar-refractivity contribution >= 4 is 11.5 Å². The number of nitrogens with zero attached hydrogens (tertiary/aromatic N) is 3. The number of hydrogen-bond acceptors (Lipinski definition) is 4. The average Bonchev–Trinajstić information content (AvgIpc) is 2.64. The van der Waals surface area contributed by atoms with Gasteiger partial charge in [-0.1, -0.05) is 32.4 Å². The molecule has 1 aromatic rings. The van der Waals surface area contributed by atoms with Crippen molar-refractivity contribution in [1.82, 2.24) is 9.80 Å². The maximum atomic E-state index is 10.9. The summed E-state index contributed by atoms with van der Waals surface area (Å²) in [6.45, 7) is 12.3. The van der Waals surface area contributed by atoms with Gasteiger partial charge >= 0.3 is 0 Å². The number of carbonyl (C=O) groups excluding carboxylic acids is 1. The lowest BCUT2D eigenvalue weighted by Gasteiger charge is -2.34. The van der Waals surface area contributed by atoms with Crippen molar-refractivity contribution in [3.8, 4) is 0 Å². The molecule has 0 radical (unpaired) electrons. The van der Waals surface area contributed by atoms with E-state index in [-0.39, 0.29) is 0 Å². The number of anilines is 1. The number of Topliss-reactive ketones (excluding diaryl/α,β-unsaturated/α-hetero) is 1. The fourth-order valence-corrected chi connectivity index (χ4v) is 3.20. The van der Waals surface area contributed by atoms with Crippen molar-refractivity contribution in [2.45, 2.75) is 53.0 Å². The summed E-state index contributed by atoms with van der Waals surface area (Å²) in [6.07, 6.45) is 4.08. The smallest absolute Gasteiger partial charge is 0.129 e. The van der Waals surface area contributed by atoms with E-state index in [2.05, 4.69) is 53.1 Å². The third kappa shape index (κ3) is 8.81. The highest BCUT2D eigenvalue weighted by atomic mass is 16.1. The molecule has 2 rings (SSSR count). The van der Waals surface area contributed by atoms with Crippen molar-refractivity contribution in [2.75, 3.05) is 51.7 Å². The van der Waals surface area contributed by atoms with Crippen LogP contribution < -0.4 is 4.90 Å². The van der Waals surface area contributed by atoms with Crippen LogP contribution in [0.1, 0.15) is 52.0 Å². The number of carbonyl (C=O) groups is 1. The molecular formula is C22H39N3O. The molecule has 0 bridgehead atoms. The fourth-order valence-electron chi connectivity index (χ4n) is 3.20. The van der Waals surface area contributed by atoms with E-state index in [1.165, 1.54) is 17.7 Å². The Bertz CT molecular complexity index is 493. The highest BCUT2D eigenvalue weighted by Crippen LogP contribution is 2.17. The van der Waals surface area contributed by atoms with Crippen LogP contribution in [-0.2, 0) is 11.3 Å². The first-order chi connectivity index (χ1) is 12.5. The van der Waals surface area contributed by atoms with Gasteiger partial charge in [-0.3, -0.25) is 0 Å². The van der Waals surface area contributed by atoms with E-state index in [4.69, 9.17) is 0 Å². The number of benzene rings is 1. The summed E-state index contributed by atoms with van der Waals surface area (Å²) in [7, 11) is 4.37. The number of ketones is 1. The lowest BCUT2D eigenvalue weighted by atomic mass is 10.1. The molecule has 0 aliphatic carbocycles. The summed E-state index contributed by atoms with van der Waals surface area (Å²) in [5, 5.41) is 0. The van der Waals surface area contributed by atoms with Crippen molar-refractivity contribution < 1.29 is 4.79 Å². The van der Waals surface area contributed by atoms with Gasteiger partial charge in [-0.25, -0.2) is 0 Å². The van der Waals surface area contributed by atoms with E-state index in [0.717, 1.165) is 58.5 Å². The van der Waals surface area contributed by atoms with Gasteiger partial charge in [0.05, 0.1) is 0 Å². The number of rotatable bonds is 9. The van der Waals surface area contributed by atoms with E-state index < -0.39 is 0 Å². The van der Waals surface area contributed by atoms with Crippen LogP contribution in [0, 0.1) is 0 Å². The van der Waals surface area contributed by atoms with Crippen LogP contribution in [0.4, 0.5) is 5.69 Å². The predicted octanol–water partition coefficient (Wildman–Crippen LogP) is 4.05. The lowest BCUT2D eigenvalue weighted by Crippen LogP contribution is -2.44. The molecule has 0 atom stereocenters. The van der Waals surface area contributed by atoms with Crippen molar-refractivity contribution in [3.63, 3.8) is 0 Å². The molecule has 0 N–H and O–H groups in total. The largest absolute Gasteiger partial charge is 0.369 e. The molecular weight excluding hydrogens is 322 g/mol. The molecule has 26 heavy (non-hydrogen) atoms. The minimum atomic E-state index is 0.309. The summed E-state index contributed by atoms with van der Waals surface area (Å²) < 4.78 is 0. The number of hydrogen-bond donors (Lipinski definition) is 0. The normalized spacial score (nSPS) is 14.9. The van der Waals surface area contributed by atoms with Gasteiger partial charge in [0.2, 0.25) is 0 Å². The molecule has 1 saturated heterocycles. The zero-order chi connectivity index (χ0) is 19.4. The SMILES string of the molecule is CC.CC(=O)CCCCCN(C)Cc1ccc(N2CCN(C)CC2)cc1. The van der Waals surface area contributed by atoms with Crippen molar-refractivity contribution in [1.29, 1.82) is 0 Å². The molecule has 1 heterocycles. The number of likely N-dealkylation sites (N-methyl/N-ethyl adjacent to an activating group) is 1. The zero-order valence-corrected chi connectivity index (χ0v) is 17.6. The first kappa shape index (κ1) is 22.7. The maximum Gasteiger partial charge on any atom is 0.129 e. The van der Waals surface area contributed by atoms with Crippen LogP contribution in [0.25, 0.3) is 0 Å².